The van der Waals surface area contributed by atoms with Crippen molar-refractivity contribution in [3.63, 3.8) is 0 Å². The maximum Gasteiger partial charge on any atom is 0.410 e. The van der Waals surface area contributed by atoms with Crippen LogP contribution in [0.4, 0.5) is 10.5 Å². The highest BCUT2D eigenvalue weighted by molar-refractivity contribution is 6.39. The average molecular weight is 762 g/mol. The van der Waals surface area contributed by atoms with Crippen molar-refractivity contribution in [3.8, 4) is 34.1 Å². The first kappa shape index (κ1) is 39.0. The molecule has 0 bridgehead atoms. The zero-order valence-electron chi connectivity index (χ0n) is 30.5. The molecule has 0 unspecified atom stereocenters. The van der Waals surface area contributed by atoms with E-state index in [0.717, 1.165) is 0 Å². The quantitative estimate of drug-likeness (QED) is 0.170. The van der Waals surface area contributed by atoms with Gasteiger partial charge in [0.15, 0.2) is 0 Å². The summed E-state index contributed by atoms with van der Waals surface area (Å²) in [6, 6.07) is 11.9. The topological polar surface area (TPSA) is 136 Å². The number of hydrogen-bond acceptors (Lipinski definition) is 9. The molecule has 0 saturated carbocycles. The molecule has 1 saturated heterocycles. The van der Waals surface area contributed by atoms with Gasteiger partial charge < -0.3 is 29.3 Å². The first-order chi connectivity index (χ1) is 25.2. The predicted octanol–water partition coefficient (Wildman–Crippen LogP) is 8.17. The number of nitrogens with one attached hydrogen (secondary N) is 1. The Morgan fingerprint density at radius 3 is 2.40 bits per heavy atom. The second kappa shape index (κ2) is 16.6. The van der Waals surface area contributed by atoms with Gasteiger partial charge in [0.05, 0.1) is 47.9 Å². The lowest BCUT2D eigenvalue weighted by molar-refractivity contribution is -0.130. The molecule has 14 heteroatoms. The van der Waals surface area contributed by atoms with E-state index in [4.69, 9.17) is 42.4 Å². The van der Waals surface area contributed by atoms with Gasteiger partial charge >= 0.3 is 6.09 Å². The van der Waals surface area contributed by atoms with Crippen molar-refractivity contribution >= 4 is 52.9 Å². The summed E-state index contributed by atoms with van der Waals surface area (Å²) in [5.74, 6) is 0.283. The summed E-state index contributed by atoms with van der Waals surface area (Å²) in [5, 5.41) is 3.31. The molecule has 1 aromatic carbocycles. The first-order valence-electron chi connectivity index (χ1n) is 16.9. The molecule has 0 radical (unpaired) electrons. The summed E-state index contributed by atoms with van der Waals surface area (Å²) in [5.41, 5.74) is 2.99. The maximum atomic E-state index is 13.5. The van der Waals surface area contributed by atoms with Crippen LogP contribution < -0.4 is 14.8 Å². The molecule has 3 amide bonds. The van der Waals surface area contributed by atoms with E-state index in [-0.39, 0.29) is 34.2 Å². The molecule has 1 fully saturated rings. The standard InChI is InChI=1S/C39H42Cl2N6O6/c1-8-24-21-43-31(20-32(24)51-6)36(49)44-30-11-9-10-28(33(30)40)35-34(41)27(14-17-42-35)29-13-12-25(37(45-29)52-7)22-47(38(50)53-39(3,4)5)26-15-18-46(19-16-26)23(2)48/h8-14,17,20-21,26H,1,15-16,18-19,22H2,2-7H3,(H,44,49). The molecular weight excluding hydrogens is 719 g/mol. The number of rotatable bonds is 10. The number of carbonyl (C=O) groups is 3. The molecule has 0 spiro atoms. The number of nitrogens with zero attached hydrogens (tertiary/aromatic N) is 5. The number of likely N-dealkylation sites (tertiary alicyclic amines) is 1. The zero-order chi connectivity index (χ0) is 38.4. The molecular formula is C39H42Cl2N6O6. The van der Waals surface area contributed by atoms with Crippen molar-refractivity contribution in [1.82, 2.24) is 24.8 Å². The highest BCUT2D eigenvalue weighted by Crippen LogP contribution is 2.40. The van der Waals surface area contributed by atoms with Crippen LogP contribution in [0, 0.1) is 0 Å². The van der Waals surface area contributed by atoms with E-state index in [0.29, 0.717) is 76.9 Å². The number of methoxy groups -OCH3 is 2. The zero-order valence-corrected chi connectivity index (χ0v) is 32.0. The summed E-state index contributed by atoms with van der Waals surface area (Å²) in [7, 11) is 3.01. The van der Waals surface area contributed by atoms with E-state index in [2.05, 4.69) is 21.9 Å². The van der Waals surface area contributed by atoms with Gasteiger partial charge in [-0.3, -0.25) is 19.6 Å². The number of ether oxygens (including phenoxy) is 3. The van der Waals surface area contributed by atoms with Gasteiger partial charge in [-0.05, 0) is 57.9 Å². The fourth-order valence-electron chi connectivity index (χ4n) is 5.98. The van der Waals surface area contributed by atoms with Crippen LogP contribution in [0.15, 0.2) is 61.4 Å². The van der Waals surface area contributed by atoms with Crippen LogP contribution in [0.1, 0.15) is 62.2 Å². The molecule has 1 N–H and O–H groups in total. The SMILES string of the molecule is C=Cc1cnc(C(=O)Nc2cccc(-c3nccc(-c4ccc(CN(C(=O)OC(C)(C)C)C5CCN(C(C)=O)CC5)c(OC)n4)c3Cl)c2Cl)cc1OC. The summed E-state index contributed by atoms with van der Waals surface area (Å²) in [4.78, 5) is 55.6. The fraction of sp³-hybridized carbons (Fsp3) is 0.333. The third-order valence-electron chi connectivity index (χ3n) is 8.69. The molecule has 1 aliphatic heterocycles. The molecule has 4 aromatic rings. The third-order valence-corrected chi connectivity index (χ3v) is 9.48. The molecule has 4 heterocycles. The van der Waals surface area contributed by atoms with Gasteiger partial charge in [0.2, 0.25) is 11.8 Å². The van der Waals surface area contributed by atoms with Gasteiger partial charge in [0, 0.05) is 66.8 Å². The molecule has 0 aliphatic carbocycles. The third kappa shape index (κ3) is 9.06. The Bertz CT molecular complexity index is 2030. The van der Waals surface area contributed by atoms with Crippen LogP contribution in [0.25, 0.3) is 28.6 Å². The molecule has 3 aromatic heterocycles. The number of pyridine rings is 3. The molecule has 12 nitrogen and oxygen atoms in total. The number of anilines is 1. The number of piperidine rings is 1. The van der Waals surface area contributed by atoms with Crippen LogP contribution >= 0.6 is 23.2 Å². The van der Waals surface area contributed by atoms with Crippen LogP contribution in [-0.2, 0) is 16.1 Å². The van der Waals surface area contributed by atoms with Crippen LogP contribution in [0.2, 0.25) is 10.0 Å². The highest BCUT2D eigenvalue weighted by Gasteiger charge is 2.33. The lowest BCUT2D eigenvalue weighted by Crippen LogP contribution is -2.49. The van der Waals surface area contributed by atoms with Gasteiger partial charge in [0.1, 0.15) is 17.0 Å². The minimum Gasteiger partial charge on any atom is -0.496 e. The summed E-state index contributed by atoms with van der Waals surface area (Å²) < 4.78 is 16.9. The summed E-state index contributed by atoms with van der Waals surface area (Å²) in [6.07, 6.45) is 5.45. The van der Waals surface area contributed by atoms with E-state index in [1.54, 1.807) is 59.3 Å². The normalized spacial score (nSPS) is 13.2. The van der Waals surface area contributed by atoms with E-state index in [9.17, 15) is 14.4 Å². The number of aromatic nitrogens is 3. The van der Waals surface area contributed by atoms with E-state index >= 15 is 0 Å². The molecule has 53 heavy (non-hydrogen) atoms. The number of benzene rings is 1. The van der Waals surface area contributed by atoms with Gasteiger partial charge in [-0.1, -0.05) is 48.0 Å². The smallest absolute Gasteiger partial charge is 0.410 e. The van der Waals surface area contributed by atoms with Crippen molar-refractivity contribution in [2.75, 3.05) is 32.6 Å². The number of carbonyl (C=O) groups excluding carboxylic acids is 3. The number of amides is 3. The van der Waals surface area contributed by atoms with Crippen molar-refractivity contribution in [2.45, 2.75) is 58.7 Å². The number of hydrogen-bond donors (Lipinski definition) is 1. The maximum absolute atomic E-state index is 13.5. The lowest BCUT2D eigenvalue weighted by atomic mass is 10.0. The Balaban J connectivity index is 1.42. The van der Waals surface area contributed by atoms with Gasteiger partial charge in [0.25, 0.3) is 5.91 Å². The summed E-state index contributed by atoms with van der Waals surface area (Å²) >= 11 is 13.9. The van der Waals surface area contributed by atoms with Crippen molar-refractivity contribution < 1.29 is 28.6 Å². The predicted molar refractivity (Wildman–Crippen MR) is 205 cm³/mol. The van der Waals surface area contributed by atoms with Gasteiger partial charge in [-0.15, -0.1) is 0 Å². The summed E-state index contributed by atoms with van der Waals surface area (Å²) in [6.45, 7) is 12.0. The average Bonchev–Trinajstić information content (AvgIpc) is 3.14. The molecule has 0 atom stereocenters. The van der Waals surface area contributed by atoms with Crippen LogP contribution in [0.5, 0.6) is 11.6 Å². The second-order valence-corrected chi connectivity index (χ2v) is 14.1. The van der Waals surface area contributed by atoms with E-state index in [1.165, 1.54) is 26.5 Å². The number of halogens is 2. The Morgan fingerprint density at radius 1 is 1.02 bits per heavy atom. The minimum absolute atomic E-state index is 0.0122. The van der Waals surface area contributed by atoms with Gasteiger partial charge in [-0.25, -0.2) is 9.78 Å². The minimum atomic E-state index is -0.700. The van der Waals surface area contributed by atoms with Gasteiger partial charge in [-0.2, -0.15) is 0 Å². The Morgan fingerprint density at radius 2 is 1.75 bits per heavy atom. The highest BCUT2D eigenvalue weighted by atomic mass is 35.5. The van der Waals surface area contributed by atoms with Crippen LogP contribution in [-0.4, -0.2) is 81.6 Å². The molecule has 5 rings (SSSR count). The van der Waals surface area contributed by atoms with Crippen molar-refractivity contribution in [2.24, 2.45) is 0 Å². The Kier molecular flexibility index (Phi) is 12.3. The Hall–Kier alpha value is -5.20. The fourth-order valence-corrected chi connectivity index (χ4v) is 6.56. The largest absolute Gasteiger partial charge is 0.496 e. The second-order valence-electron chi connectivity index (χ2n) is 13.4. The lowest BCUT2D eigenvalue weighted by Gasteiger charge is -2.39. The van der Waals surface area contributed by atoms with Crippen molar-refractivity contribution in [3.05, 3.63) is 88.3 Å². The first-order valence-corrected chi connectivity index (χ1v) is 17.7. The van der Waals surface area contributed by atoms with E-state index < -0.39 is 17.6 Å². The molecule has 278 valence electrons. The monoisotopic (exact) mass is 760 g/mol. The van der Waals surface area contributed by atoms with Crippen LogP contribution in [0.3, 0.4) is 0 Å². The van der Waals surface area contributed by atoms with Crippen molar-refractivity contribution in [1.29, 1.82) is 0 Å². The Labute approximate surface area is 319 Å². The molecule has 1 aliphatic rings. The van der Waals surface area contributed by atoms with E-state index in [1.807, 2.05) is 26.8 Å².